The second kappa shape index (κ2) is 7.47. The maximum Gasteiger partial charge on any atom is 0.431 e. The quantitative estimate of drug-likeness (QED) is 0.513. The van der Waals surface area contributed by atoms with Crippen molar-refractivity contribution in [1.29, 1.82) is 0 Å². The fraction of sp³-hybridized carbons (Fsp3) is 0.0526. The minimum Gasteiger partial charge on any atom is -0.453 e. The average molecular weight is 426 g/mol. The van der Waals surface area contributed by atoms with E-state index in [9.17, 15) is 35.9 Å². The zero-order valence-electron chi connectivity index (χ0n) is 14.5. The standard InChI is InChI=1S/C19H8F6N2O3/c1-2-9-5-11(21)13(7-15(9)30-14-4-3-10(20)6-12(14)22)27-17(28)8-16(19(23,24)25)26-18(27)29/h1,3-8H,(H,26,29). The molecule has 1 aromatic heterocycles. The molecule has 0 radical (unpaired) electrons. The number of ether oxygens (including phenoxy) is 1. The van der Waals surface area contributed by atoms with Gasteiger partial charge in [0.15, 0.2) is 11.6 Å². The fourth-order valence-corrected chi connectivity index (χ4v) is 2.46. The van der Waals surface area contributed by atoms with Gasteiger partial charge in [0.25, 0.3) is 5.56 Å². The summed E-state index contributed by atoms with van der Waals surface area (Å²) in [6.45, 7) is 0. The van der Waals surface area contributed by atoms with Gasteiger partial charge in [-0.05, 0) is 18.2 Å². The number of aromatic nitrogens is 2. The second-order valence-corrected chi connectivity index (χ2v) is 5.78. The second-order valence-electron chi connectivity index (χ2n) is 5.78. The third-order valence-corrected chi connectivity index (χ3v) is 3.80. The minimum absolute atomic E-state index is 0.0656. The van der Waals surface area contributed by atoms with Crippen molar-refractivity contribution >= 4 is 0 Å². The molecule has 0 spiro atoms. The lowest BCUT2D eigenvalue weighted by atomic mass is 10.1. The number of benzene rings is 2. The first-order chi connectivity index (χ1) is 14.0. The zero-order chi connectivity index (χ0) is 22.2. The van der Waals surface area contributed by atoms with Crippen LogP contribution in [0.5, 0.6) is 11.5 Å². The molecule has 0 bridgehead atoms. The molecule has 5 nitrogen and oxygen atoms in total. The van der Waals surface area contributed by atoms with E-state index in [2.05, 4.69) is 0 Å². The normalized spacial score (nSPS) is 11.2. The Hall–Kier alpha value is -3.94. The molecule has 30 heavy (non-hydrogen) atoms. The number of nitrogens with zero attached hydrogens (tertiary/aromatic N) is 1. The van der Waals surface area contributed by atoms with Gasteiger partial charge in [-0.15, -0.1) is 6.42 Å². The number of hydrogen-bond donors (Lipinski definition) is 1. The highest BCUT2D eigenvalue weighted by atomic mass is 19.4. The van der Waals surface area contributed by atoms with E-state index in [4.69, 9.17) is 11.2 Å². The minimum atomic E-state index is -5.02. The predicted octanol–water partition coefficient (Wildman–Crippen LogP) is 3.74. The lowest BCUT2D eigenvalue weighted by Crippen LogP contribution is -2.36. The molecule has 154 valence electrons. The number of halogens is 6. The van der Waals surface area contributed by atoms with Crippen molar-refractivity contribution < 1.29 is 31.1 Å². The number of nitrogens with one attached hydrogen (secondary N) is 1. The largest absolute Gasteiger partial charge is 0.453 e. The summed E-state index contributed by atoms with van der Waals surface area (Å²) in [5.74, 6) is -2.15. The molecule has 0 amide bonds. The Balaban J connectivity index is 2.18. The number of H-pyrrole nitrogens is 1. The maximum atomic E-state index is 14.5. The summed E-state index contributed by atoms with van der Waals surface area (Å²) < 4.78 is 84.8. The summed E-state index contributed by atoms with van der Waals surface area (Å²) in [6.07, 6.45) is 0.224. The van der Waals surface area contributed by atoms with E-state index in [1.54, 1.807) is 0 Å². The molecule has 3 rings (SSSR count). The number of hydrogen-bond acceptors (Lipinski definition) is 3. The summed E-state index contributed by atoms with van der Waals surface area (Å²) >= 11 is 0. The van der Waals surface area contributed by atoms with Crippen LogP contribution in [0.3, 0.4) is 0 Å². The molecule has 0 aliphatic rings. The molecule has 0 unspecified atom stereocenters. The summed E-state index contributed by atoms with van der Waals surface area (Å²) in [7, 11) is 0. The van der Waals surface area contributed by atoms with Gasteiger partial charge < -0.3 is 9.72 Å². The summed E-state index contributed by atoms with van der Waals surface area (Å²) in [6, 6.07) is 3.73. The molecule has 0 aliphatic heterocycles. The van der Waals surface area contributed by atoms with Crippen molar-refractivity contribution in [3.8, 4) is 29.5 Å². The third kappa shape index (κ3) is 3.93. The Kier molecular flexibility index (Phi) is 5.18. The molecule has 11 heteroatoms. The van der Waals surface area contributed by atoms with Gasteiger partial charge in [0, 0.05) is 18.2 Å². The summed E-state index contributed by atoms with van der Waals surface area (Å²) in [5.41, 5.74) is -5.76. The molecule has 1 heterocycles. The van der Waals surface area contributed by atoms with E-state index in [0.29, 0.717) is 12.1 Å². The van der Waals surface area contributed by atoms with E-state index < -0.39 is 57.8 Å². The van der Waals surface area contributed by atoms with Crippen LogP contribution in [0.15, 0.2) is 46.0 Å². The highest BCUT2D eigenvalue weighted by Gasteiger charge is 2.33. The van der Waals surface area contributed by atoms with Crippen LogP contribution in [-0.2, 0) is 6.18 Å². The van der Waals surface area contributed by atoms with Crippen LogP contribution in [0.25, 0.3) is 5.69 Å². The molecule has 3 aromatic rings. The first kappa shape index (κ1) is 20.8. The fourth-order valence-electron chi connectivity index (χ4n) is 2.46. The van der Waals surface area contributed by atoms with E-state index in [-0.39, 0.29) is 16.2 Å². The van der Waals surface area contributed by atoms with Crippen LogP contribution in [0.1, 0.15) is 11.3 Å². The van der Waals surface area contributed by atoms with Crippen molar-refractivity contribution in [2.45, 2.75) is 6.18 Å². The van der Waals surface area contributed by atoms with Gasteiger partial charge in [0.2, 0.25) is 0 Å². The number of alkyl halides is 3. The molecule has 0 atom stereocenters. The third-order valence-electron chi connectivity index (χ3n) is 3.80. The van der Waals surface area contributed by atoms with Gasteiger partial charge in [-0.1, -0.05) is 5.92 Å². The Morgan fingerprint density at radius 2 is 1.67 bits per heavy atom. The Morgan fingerprint density at radius 1 is 0.967 bits per heavy atom. The maximum absolute atomic E-state index is 14.5. The van der Waals surface area contributed by atoms with E-state index in [0.717, 1.165) is 18.2 Å². The molecule has 0 saturated carbocycles. The number of terminal acetylenes is 1. The Morgan fingerprint density at radius 3 is 2.23 bits per heavy atom. The molecule has 0 fully saturated rings. The van der Waals surface area contributed by atoms with E-state index in [1.807, 2.05) is 5.92 Å². The number of aromatic amines is 1. The molecule has 1 N–H and O–H groups in total. The van der Waals surface area contributed by atoms with Crippen LogP contribution >= 0.6 is 0 Å². The van der Waals surface area contributed by atoms with Crippen LogP contribution in [-0.4, -0.2) is 9.55 Å². The molecular weight excluding hydrogens is 418 g/mol. The molecule has 0 aliphatic carbocycles. The molecule has 2 aromatic carbocycles. The summed E-state index contributed by atoms with van der Waals surface area (Å²) in [4.78, 5) is 25.5. The van der Waals surface area contributed by atoms with Gasteiger partial charge in [0.1, 0.15) is 23.1 Å². The lowest BCUT2D eigenvalue weighted by Gasteiger charge is -2.13. The summed E-state index contributed by atoms with van der Waals surface area (Å²) in [5, 5.41) is 0. The SMILES string of the molecule is C#Cc1cc(F)c(-n2c(=O)cc(C(F)(F)F)[nH]c2=O)cc1Oc1ccc(F)cc1F. The monoisotopic (exact) mass is 426 g/mol. The van der Waals surface area contributed by atoms with Crippen molar-refractivity contribution in [3.63, 3.8) is 0 Å². The van der Waals surface area contributed by atoms with Crippen LogP contribution in [0.2, 0.25) is 0 Å². The van der Waals surface area contributed by atoms with E-state index >= 15 is 0 Å². The van der Waals surface area contributed by atoms with Crippen molar-refractivity contribution in [2.75, 3.05) is 0 Å². The lowest BCUT2D eigenvalue weighted by molar-refractivity contribution is -0.141. The van der Waals surface area contributed by atoms with Gasteiger partial charge in [-0.3, -0.25) is 4.79 Å². The molecule has 0 saturated heterocycles. The van der Waals surface area contributed by atoms with Gasteiger partial charge in [-0.25, -0.2) is 22.5 Å². The van der Waals surface area contributed by atoms with E-state index in [1.165, 1.54) is 4.98 Å². The number of rotatable bonds is 3. The zero-order valence-corrected chi connectivity index (χ0v) is 14.5. The Bertz CT molecular complexity index is 1270. The van der Waals surface area contributed by atoms with Crippen LogP contribution < -0.4 is 16.0 Å². The predicted molar refractivity (Wildman–Crippen MR) is 92.0 cm³/mol. The van der Waals surface area contributed by atoms with Crippen LogP contribution in [0.4, 0.5) is 26.3 Å². The first-order valence-corrected chi connectivity index (χ1v) is 7.88. The van der Waals surface area contributed by atoms with Gasteiger partial charge >= 0.3 is 11.9 Å². The average Bonchev–Trinajstić information content (AvgIpc) is 2.64. The van der Waals surface area contributed by atoms with Gasteiger partial charge in [-0.2, -0.15) is 13.2 Å². The van der Waals surface area contributed by atoms with Crippen LogP contribution in [0, 0.1) is 29.8 Å². The van der Waals surface area contributed by atoms with Crippen molar-refractivity contribution in [1.82, 2.24) is 9.55 Å². The highest BCUT2D eigenvalue weighted by molar-refractivity contribution is 5.53. The van der Waals surface area contributed by atoms with Crippen molar-refractivity contribution in [3.05, 3.63) is 85.9 Å². The van der Waals surface area contributed by atoms with Crippen molar-refractivity contribution in [2.24, 2.45) is 0 Å². The molecular formula is C19H8F6N2O3. The highest BCUT2D eigenvalue weighted by Crippen LogP contribution is 2.31. The first-order valence-electron chi connectivity index (χ1n) is 7.88. The Labute approximate surface area is 163 Å². The topological polar surface area (TPSA) is 64.1 Å². The smallest absolute Gasteiger partial charge is 0.431 e. The van der Waals surface area contributed by atoms with Gasteiger partial charge in [0.05, 0.1) is 11.3 Å².